The average molecular weight is 318 g/mol. The minimum Gasteiger partial charge on any atom is -0.340 e. The Balaban J connectivity index is 1.62. The van der Waals surface area contributed by atoms with Crippen molar-refractivity contribution in [2.75, 3.05) is 13.1 Å². The van der Waals surface area contributed by atoms with Crippen molar-refractivity contribution in [1.82, 2.24) is 9.80 Å². The molecule has 5 heteroatoms. The number of amides is 2. The molecule has 2 fully saturated rings. The van der Waals surface area contributed by atoms with E-state index in [9.17, 15) is 14.0 Å². The highest BCUT2D eigenvalue weighted by molar-refractivity contribution is 5.89. The van der Waals surface area contributed by atoms with Gasteiger partial charge in [0.05, 0.1) is 5.92 Å². The molecule has 0 radical (unpaired) electrons. The zero-order valence-corrected chi connectivity index (χ0v) is 13.5. The highest BCUT2D eigenvalue weighted by Gasteiger charge is 2.38. The van der Waals surface area contributed by atoms with Gasteiger partial charge in [-0.3, -0.25) is 9.59 Å². The van der Waals surface area contributed by atoms with Gasteiger partial charge in [-0.25, -0.2) is 4.39 Å². The third-order valence-corrected chi connectivity index (χ3v) is 4.94. The summed E-state index contributed by atoms with van der Waals surface area (Å²) in [6.07, 6.45) is 3.57. The molecule has 0 bridgehead atoms. The van der Waals surface area contributed by atoms with E-state index < -0.39 is 0 Å². The Kier molecular flexibility index (Phi) is 4.64. The SMILES string of the molecule is CC1CCCCN1C(=O)C1CC(=O)N(Cc2ccc(F)cc2)C1. The van der Waals surface area contributed by atoms with Crippen LogP contribution in [0.15, 0.2) is 24.3 Å². The van der Waals surface area contributed by atoms with Crippen LogP contribution in [0.2, 0.25) is 0 Å². The van der Waals surface area contributed by atoms with E-state index in [0.717, 1.165) is 24.9 Å². The normalized spacial score (nSPS) is 25.0. The van der Waals surface area contributed by atoms with Crippen LogP contribution in [0.5, 0.6) is 0 Å². The number of nitrogens with zero attached hydrogens (tertiary/aromatic N) is 2. The first-order chi connectivity index (χ1) is 11.0. The fourth-order valence-corrected chi connectivity index (χ4v) is 3.56. The Labute approximate surface area is 136 Å². The number of carbonyl (C=O) groups excluding carboxylic acids is 2. The maximum Gasteiger partial charge on any atom is 0.228 e. The molecule has 4 nitrogen and oxygen atoms in total. The molecule has 2 heterocycles. The fraction of sp³-hybridized carbons (Fsp3) is 0.556. The molecule has 0 aromatic heterocycles. The Morgan fingerprint density at radius 3 is 2.70 bits per heavy atom. The average Bonchev–Trinajstić information content (AvgIpc) is 2.90. The first-order valence-corrected chi connectivity index (χ1v) is 8.37. The van der Waals surface area contributed by atoms with Crippen molar-refractivity contribution in [1.29, 1.82) is 0 Å². The topological polar surface area (TPSA) is 40.6 Å². The quantitative estimate of drug-likeness (QED) is 0.859. The van der Waals surface area contributed by atoms with Crippen molar-refractivity contribution in [3.8, 4) is 0 Å². The van der Waals surface area contributed by atoms with Gasteiger partial charge >= 0.3 is 0 Å². The number of hydrogen-bond donors (Lipinski definition) is 0. The molecule has 124 valence electrons. The first-order valence-electron chi connectivity index (χ1n) is 8.37. The summed E-state index contributed by atoms with van der Waals surface area (Å²) in [5.74, 6) is -0.387. The Hall–Kier alpha value is -1.91. The second-order valence-electron chi connectivity index (χ2n) is 6.68. The summed E-state index contributed by atoms with van der Waals surface area (Å²) in [6.45, 7) is 3.81. The minimum atomic E-state index is -0.284. The fourth-order valence-electron chi connectivity index (χ4n) is 3.56. The maximum absolute atomic E-state index is 13.0. The Morgan fingerprint density at radius 2 is 2.00 bits per heavy atom. The molecule has 2 aliphatic heterocycles. The third-order valence-electron chi connectivity index (χ3n) is 4.94. The van der Waals surface area contributed by atoms with Gasteiger partial charge in [-0.1, -0.05) is 12.1 Å². The van der Waals surface area contributed by atoms with Gasteiger partial charge in [0.25, 0.3) is 0 Å². The Morgan fingerprint density at radius 1 is 1.26 bits per heavy atom. The summed E-state index contributed by atoms with van der Waals surface area (Å²) >= 11 is 0. The van der Waals surface area contributed by atoms with E-state index >= 15 is 0 Å². The lowest BCUT2D eigenvalue weighted by Gasteiger charge is -2.35. The van der Waals surface area contributed by atoms with Gasteiger partial charge in [-0.05, 0) is 43.9 Å². The zero-order valence-electron chi connectivity index (χ0n) is 13.5. The molecular formula is C18H23FN2O2. The molecule has 3 rings (SSSR count). The van der Waals surface area contributed by atoms with Gasteiger partial charge in [-0.15, -0.1) is 0 Å². The van der Waals surface area contributed by atoms with E-state index in [1.807, 2.05) is 4.90 Å². The largest absolute Gasteiger partial charge is 0.340 e. The van der Waals surface area contributed by atoms with Crippen molar-refractivity contribution in [3.63, 3.8) is 0 Å². The summed E-state index contributed by atoms with van der Waals surface area (Å²) in [7, 11) is 0. The van der Waals surface area contributed by atoms with Crippen molar-refractivity contribution < 1.29 is 14.0 Å². The van der Waals surface area contributed by atoms with Gasteiger partial charge in [0.1, 0.15) is 5.82 Å². The maximum atomic E-state index is 13.0. The van der Waals surface area contributed by atoms with Crippen LogP contribution in [0.1, 0.15) is 38.2 Å². The van der Waals surface area contributed by atoms with Crippen LogP contribution in [0.25, 0.3) is 0 Å². The van der Waals surface area contributed by atoms with Crippen LogP contribution < -0.4 is 0 Å². The summed E-state index contributed by atoms with van der Waals surface area (Å²) < 4.78 is 13.0. The van der Waals surface area contributed by atoms with Gasteiger partial charge in [0.15, 0.2) is 0 Å². The lowest BCUT2D eigenvalue weighted by Crippen LogP contribution is -2.45. The molecular weight excluding hydrogens is 295 g/mol. The van der Waals surface area contributed by atoms with E-state index in [4.69, 9.17) is 0 Å². The molecule has 2 amide bonds. The predicted molar refractivity (Wildman–Crippen MR) is 85.0 cm³/mol. The first kappa shape index (κ1) is 16.0. The van der Waals surface area contributed by atoms with Crippen LogP contribution in [-0.2, 0) is 16.1 Å². The number of carbonyl (C=O) groups is 2. The smallest absolute Gasteiger partial charge is 0.228 e. The predicted octanol–water partition coefficient (Wildman–Crippen LogP) is 2.58. The summed E-state index contributed by atoms with van der Waals surface area (Å²) in [6, 6.07) is 6.44. The van der Waals surface area contributed by atoms with E-state index in [1.54, 1.807) is 17.0 Å². The molecule has 2 aliphatic rings. The number of likely N-dealkylation sites (tertiary alicyclic amines) is 2. The number of piperidine rings is 1. The molecule has 0 spiro atoms. The summed E-state index contributed by atoms with van der Waals surface area (Å²) in [5.41, 5.74) is 0.888. The number of benzene rings is 1. The van der Waals surface area contributed by atoms with E-state index in [0.29, 0.717) is 19.5 Å². The second kappa shape index (κ2) is 6.69. The molecule has 2 saturated heterocycles. The lowest BCUT2D eigenvalue weighted by atomic mass is 9.99. The minimum absolute atomic E-state index is 0.0114. The number of halogens is 1. The summed E-state index contributed by atoms with van der Waals surface area (Å²) in [4.78, 5) is 28.6. The van der Waals surface area contributed by atoms with Crippen LogP contribution in [-0.4, -0.2) is 40.7 Å². The monoisotopic (exact) mass is 318 g/mol. The molecule has 0 N–H and O–H groups in total. The van der Waals surface area contributed by atoms with Crippen molar-refractivity contribution in [2.45, 2.75) is 45.2 Å². The molecule has 2 atom stereocenters. The molecule has 0 saturated carbocycles. The standard InChI is InChI=1S/C18H23FN2O2/c1-13-4-2-3-9-21(13)18(23)15-10-17(22)20(12-15)11-14-5-7-16(19)8-6-14/h5-8,13,15H,2-4,9-12H2,1H3. The van der Waals surface area contributed by atoms with E-state index in [-0.39, 0.29) is 29.6 Å². The molecule has 23 heavy (non-hydrogen) atoms. The highest BCUT2D eigenvalue weighted by Crippen LogP contribution is 2.25. The zero-order chi connectivity index (χ0) is 16.4. The van der Waals surface area contributed by atoms with Crippen LogP contribution >= 0.6 is 0 Å². The lowest BCUT2D eigenvalue weighted by molar-refractivity contribution is -0.139. The van der Waals surface area contributed by atoms with Gasteiger partial charge in [0.2, 0.25) is 11.8 Å². The van der Waals surface area contributed by atoms with Crippen molar-refractivity contribution >= 4 is 11.8 Å². The Bertz CT molecular complexity index is 587. The van der Waals surface area contributed by atoms with E-state index in [1.165, 1.54) is 18.6 Å². The molecule has 2 unspecified atom stereocenters. The molecule has 1 aromatic carbocycles. The van der Waals surface area contributed by atoms with Crippen molar-refractivity contribution in [2.24, 2.45) is 5.92 Å². The van der Waals surface area contributed by atoms with Crippen LogP contribution in [0.4, 0.5) is 4.39 Å². The molecule has 1 aromatic rings. The number of rotatable bonds is 3. The van der Waals surface area contributed by atoms with Gasteiger partial charge in [0, 0.05) is 32.1 Å². The molecule has 0 aliphatic carbocycles. The third kappa shape index (κ3) is 3.54. The summed E-state index contributed by atoms with van der Waals surface area (Å²) in [5, 5.41) is 0. The van der Waals surface area contributed by atoms with Crippen LogP contribution in [0, 0.1) is 11.7 Å². The van der Waals surface area contributed by atoms with Crippen molar-refractivity contribution in [3.05, 3.63) is 35.6 Å². The second-order valence-corrected chi connectivity index (χ2v) is 6.68. The van der Waals surface area contributed by atoms with Gasteiger partial charge in [-0.2, -0.15) is 0 Å². The highest BCUT2D eigenvalue weighted by atomic mass is 19.1. The van der Waals surface area contributed by atoms with E-state index in [2.05, 4.69) is 6.92 Å². The van der Waals surface area contributed by atoms with Crippen LogP contribution in [0.3, 0.4) is 0 Å². The van der Waals surface area contributed by atoms with Gasteiger partial charge < -0.3 is 9.80 Å². The number of hydrogen-bond acceptors (Lipinski definition) is 2.